The number of unbranched alkanes of at least 4 members (excludes halogenated alkanes) is 7. The third kappa shape index (κ3) is 17.1. The molecule has 4 aliphatic rings. The highest BCUT2D eigenvalue weighted by Crippen LogP contribution is 2.35. The van der Waals surface area contributed by atoms with E-state index in [1.807, 2.05) is 0 Å². The fourth-order valence-electron chi connectivity index (χ4n) is 9.75. The van der Waals surface area contributed by atoms with Crippen LogP contribution in [0.15, 0.2) is 0 Å². The van der Waals surface area contributed by atoms with E-state index in [4.69, 9.17) is 37.9 Å². The quantitative estimate of drug-likeness (QED) is 0.0343. The second-order valence-corrected chi connectivity index (χ2v) is 19.4. The normalized spacial score (nSPS) is 37.6. The van der Waals surface area contributed by atoms with Gasteiger partial charge in [0.25, 0.3) is 0 Å². The second kappa shape index (κ2) is 30.7. The van der Waals surface area contributed by atoms with Crippen LogP contribution in [0.5, 0.6) is 0 Å². The molecular weight excluding hydrogens is 957 g/mol. The molecule has 0 aliphatic carbocycles. The van der Waals surface area contributed by atoms with Gasteiger partial charge in [-0.05, 0) is 12.3 Å². The van der Waals surface area contributed by atoms with Gasteiger partial charge in [-0.2, -0.15) is 0 Å². The van der Waals surface area contributed by atoms with Gasteiger partial charge in [-0.15, -0.1) is 0 Å². The Morgan fingerprint density at radius 3 is 1.21 bits per heavy atom. The minimum Gasteiger partial charge on any atom is -0.394 e. The summed E-state index contributed by atoms with van der Waals surface area (Å²) in [6, 6.07) is -5.88. The van der Waals surface area contributed by atoms with Crippen LogP contribution >= 0.6 is 0 Å². The Kier molecular flexibility index (Phi) is 26.3. The van der Waals surface area contributed by atoms with E-state index >= 15 is 0 Å². The number of aliphatic hydroxyl groups is 9. The van der Waals surface area contributed by atoms with Crippen molar-refractivity contribution in [1.82, 2.24) is 21.3 Å². The molecule has 4 rings (SSSR count). The van der Waals surface area contributed by atoms with Gasteiger partial charge in [0.15, 0.2) is 25.2 Å². The monoisotopic (exact) mass is 1040 g/mol. The Labute approximate surface area is 420 Å². The molecule has 0 spiro atoms. The van der Waals surface area contributed by atoms with Gasteiger partial charge in [0.05, 0.1) is 26.4 Å². The summed E-state index contributed by atoms with van der Waals surface area (Å²) >= 11 is 0. The van der Waals surface area contributed by atoms with Gasteiger partial charge < -0.3 is 105 Å². The van der Waals surface area contributed by atoms with E-state index in [1.165, 1.54) is 46.1 Å². The third-order valence-electron chi connectivity index (χ3n) is 13.6. The Morgan fingerprint density at radius 2 is 0.819 bits per heavy atom. The Hall–Kier alpha value is -2.80. The van der Waals surface area contributed by atoms with Crippen LogP contribution in [0.25, 0.3) is 0 Å². The summed E-state index contributed by atoms with van der Waals surface area (Å²) in [6.45, 7) is 4.55. The number of hydrogen-bond donors (Lipinski definition) is 13. The highest BCUT2D eigenvalue weighted by molar-refractivity contribution is 5.76. The average Bonchev–Trinajstić information content (AvgIpc) is 3.34. The maximum absolute atomic E-state index is 13.3. The van der Waals surface area contributed by atoms with Crippen molar-refractivity contribution in [3.63, 3.8) is 0 Å². The molecule has 4 amide bonds. The molecule has 25 heteroatoms. The topological polar surface area (TPSA) is 372 Å². The Balaban J connectivity index is 1.48. The molecule has 11 unspecified atom stereocenters. The van der Waals surface area contributed by atoms with Gasteiger partial charge in [-0.3, -0.25) is 19.2 Å². The second-order valence-electron chi connectivity index (χ2n) is 19.4. The van der Waals surface area contributed by atoms with E-state index in [2.05, 4.69) is 35.1 Å². The van der Waals surface area contributed by atoms with Crippen LogP contribution in [0.4, 0.5) is 0 Å². The smallest absolute Gasteiger partial charge is 0.220 e. The molecular formula is C47H84N4O21. The molecule has 21 atom stereocenters. The molecule has 13 N–H and O–H groups in total. The van der Waals surface area contributed by atoms with Crippen molar-refractivity contribution >= 4 is 23.6 Å². The van der Waals surface area contributed by atoms with E-state index in [9.17, 15) is 65.1 Å². The van der Waals surface area contributed by atoms with Crippen LogP contribution in [0.3, 0.4) is 0 Å². The SMILES string of the molecule is CCCCCCC(C)CCCCCCCC(=O)NC1[C@H](O[C@H]2C(CO)O[C@H](OC3C(CO)O[C@@H](O[C@H]4C(CO)O[C@H](OC)[C@H](NC(C)=O)C4O)C(NC(C)=O)[C@H]3O)[C@H](NC(C)=O)C2O)OC(CO)C(O)[C@@H]1O. The molecule has 0 aromatic carbocycles. The first-order valence-electron chi connectivity index (χ1n) is 25.4. The summed E-state index contributed by atoms with van der Waals surface area (Å²) in [4.78, 5) is 50.5. The van der Waals surface area contributed by atoms with Gasteiger partial charge >= 0.3 is 0 Å². The summed E-state index contributed by atoms with van der Waals surface area (Å²) in [5, 5.41) is 109. The maximum atomic E-state index is 13.3. The molecule has 4 saturated heterocycles. The lowest BCUT2D eigenvalue weighted by Gasteiger charge is -2.51. The molecule has 4 fully saturated rings. The number of methoxy groups -OCH3 is 1. The zero-order chi connectivity index (χ0) is 53.2. The zero-order valence-electron chi connectivity index (χ0n) is 42.4. The highest BCUT2D eigenvalue weighted by atomic mass is 16.8. The lowest BCUT2D eigenvalue weighted by atomic mass is 9.93. The number of hydrogen-bond acceptors (Lipinski definition) is 21. The number of nitrogens with one attached hydrogen (secondary N) is 4. The molecule has 0 aromatic rings. The molecule has 25 nitrogen and oxygen atoms in total. The fourth-order valence-corrected chi connectivity index (χ4v) is 9.75. The van der Waals surface area contributed by atoms with Crippen molar-refractivity contribution < 1.29 is 103 Å². The first-order chi connectivity index (χ1) is 34.3. The summed E-state index contributed by atoms with van der Waals surface area (Å²) < 4.78 is 47.3. The lowest BCUT2D eigenvalue weighted by molar-refractivity contribution is -0.362. The summed E-state index contributed by atoms with van der Waals surface area (Å²) in [6.07, 6.45) is -14.1. The van der Waals surface area contributed by atoms with Crippen molar-refractivity contribution in [3.8, 4) is 0 Å². The Morgan fingerprint density at radius 1 is 0.472 bits per heavy atom. The third-order valence-corrected chi connectivity index (χ3v) is 13.6. The van der Waals surface area contributed by atoms with Crippen molar-refractivity contribution in [1.29, 1.82) is 0 Å². The number of rotatable bonds is 28. The van der Waals surface area contributed by atoms with Gasteiger partial charge in [0.1, 0.15) is 97.4 Å². The molecule has 0 aromatic heterocycles. The van der Waals surface area contributed by atoms with E-state index in [0.717, 1.165) is 46.0 Å². The molecule has 4 aliphatic heterocycles. The van der Waals surface area contributed by atoms with Crippen molar-refractivity contribution in [2.45, 2.75) is 234 Å². The predicted molar refractivity (Wildman–Crippen MR) is 250 cm³/mol. The van der Waals surface area contributed by atoms with Gasteiger partial charge in [-0.1, -0.05) is 78.1 Å². The molecule has 0 bridgehead atoms. The molecule has 418 valence electrons. The number of amides is 4. The average molecular weight is 1040 g/mol. The molecule has 72 heavy (non-hydrogen) atoms. The van der Waals surface area contributed by atoms with Gasteiger partial charge in [0.2, 0.25) is 23.6 Å². The van der Waals surface area contributed by atoms with E-state index in [0.29, 0.717) is 12.3 Å². The van der Waals surface area contributed by atoms with Crippen LogP contribution in [0.1, 0.15) is 112 Å². The van der Waals surface area contributed by atoms with Crippen molar-refractivity contribution in [2.75, 3.05) is 33.5 Å². The molecule has 0 saturated carbocycles. The minimum absolute atomic E-state index is 0.0661. The van der Waals surface area contributed by atoms with Gasteiger partial charge in [0, 0.05) is 34.3 Å². The number of aliphatic hydroxyl groups excluding tert-OH is 9. The van der Waals surface area contributed by atoms with Crippen LogP contribution in [0, 0.1) is 5.92 Å². The standard InChI is InChI=1S/C47H84N4O21/c1-7-8-9-13-16-23(2)17-14-11-10-12-15-18-31(59)51-32-37(61)36(60)27(19-52)66-45(32)70-42-29(21-54)68-47(34(39(42)63)49-25(4)57)72-43-30(22-55)69-46(35(40(43)64)50-26(5)58)71-41-28(20-53)67-44(65-6)33(38(41)62)48-24(3)56/h23,27-30,32-47,52-55,60-64H,7-22H2,1-6H3,(H,48,56)(H,49,57)(H,50,58)(H,51,59)/t23?,27?,28?,29?,30?,32?,33-,34-,35?,36?,37-,38?,39?,40-,41+,42+,43?,44+,45+,46+,47-/m1/s1. The van der Waals surface area contributed by atoms with E-state index in [-0.39, 0.29) is 6.42 Å². The Bertz CT molecular complexity index is 1640. The lowest BCUT2D eigenvalue weighted by Crippen LogP contribution is -2.71. The van der Waals surface area contributed by atoms with Crippen LogP contribution in [-0.4, -0.2) is 226 Å². The predicted octanol–water partition coefficient (Wildman–Crippen LogP) is -3.20. The number of carbonyl (C=O) groups excluding carboxylic acids is 4. The van der Waals surface area contributed by atoms with Crippen molar-refractivity contribution in [2.24, 2.45) is 5.92 Å². The van der Waals surface area contributed by atoms with Crippen molar-refractivity contribution in [3.05, 3.63) is 0 Å². The van der Waals surface area contributed by atoms with Crippen LogP contribution < -0.4 is 21.3 Å². The number of carbonyl (C=O) groups is 4. The minimum atomic E-state index is -1.88. The maximum Gasteiger partial charge on any atom is 0.220 e. The summed E-state index contributed by atoms with van der Waals surface area (Å²) in [7, 11) is 1.25. The van der Waals surface area contributed by atoms with Gasteiger partial charge in [-0.25, -0.2) is 0 Å². The van der Waals surface area contributed by atoms with E-state index < -0.39 is 173 Å². The van der Waals surface area contributed by atoms with Crippen LogP contribution in [0.2, 0.25) is 0 Å². The van der Waals surface area contributed by atoms with Crippen LogP contribution in [-0.2, 0) is 57.1 Å². The number of ether oxygens (including phenoxy) is 8. The largest absolute Gasteiger partial charge is 0.394 e. The fraction of sp³-hybridized carbons (Fsp3) is 0.915. The molecule has 4 heterocycles. The first-order valence-corrected chi connectivity index (χ1v) is 25.4. The summed E-state index contributed by atoms with van der Waals surface area (Å²) in [5.41, 5.74) is 0. The highest BCUT2D eigenvalue weighted by Gasteiger charge is 2.56. The molecule has 0 radical (unpaired) electrons. The van der Waals surface area contributed by atoms with E-state index in [1.54, 1.807) is 0 Å². The zero-order valence-corrected chi connectivity index (χ0v) is 42.4. The summed E-state index contributed by atoms with van der Waals surface area (Å²) in [5.74, 6) is -1.85. The first kappa shape index (κ1) is 61.7.